The van der Waals surface area contributed by atoms with Crippen LogP contribution in [0.4, 0.5) is 4.79 Å². The number of fused-ring (bicyclic) bond motifs is 3. The molecule has 2 aromatic rings. The number of morpholine rings is 1. The van der Waals surface area contributed by atoms with Gasteiger partial charge in [0.05, 0.1) is 31.6 Å². The lowest BCUT2D eigenvalue weighted by Gasteiger charge is -2.36. The molecule has 0 saturated carbocycles. The first kappa shape index (κ1) is 22.8. The molecule has 33 heavy (non-hydrogen) atoms. The van der Waals surface area contributed by atoms with E-state index < -0.39 is 24.0 Å². The highest BCUT2D eigenvalue weighted by molar-refractivity contribution is 5.81. The molecular formula is C25H28N2O6. The predicted molar refractivity (Wildman–Crippen MR) is 121 cm³/mol. The van der Waals surface area contributed by atoms with Gasteiger partial charge in [-0.3, -0.25) is 9.59 Å². The van der Waals surface area contributed by atoms with E-state index in [1.54, 1.807) is 11.8 Å². The first-order valence-corrected chi connectivity index (χ1v) is 11.1. The highest BCUT2D eigenvalue weighted by Crippen LogP contribution is 2.44. The fraction of sp³-hybridized carbons (Fsp3) is 0.400. The number of carboxylic acids is 1. The number of aliphatic carboxylic acids is 1. The van der Waals surface area contributed by atoms with Crippen LogP contribution in [0.1, 0.15) is 30.4 Å². The zero-order chi connectivity index (χ0) is 23.4. The van der Waals surface area contributed by atoms with E-state index in [4.69, 9.17) is 14.6 Å². The van der Waals surface area contributed by atoms with Gasteiger partial charge in [0.1, 0.15) is 6.61 Å². The molecule has 2 unspecified atom stereocenters. The molecule has 174 valence electrons. The molecule has 2 atom stereocenters. The molecule has 1 fully saturated rings. The number of ether oxygens (including phenoxy) is 2. The monoisotopic (exact) mass is 452 g/mol. The van der Waals surface area contributed by atoms with Crippen LogP contribution in [0.3, 0.4) is 0 Å². The number of alkyl carbamates (subject to hydrolysis) is 1. The van der Waals surface area contributed by atoms with E-state index in [9.17, 15) is 14.4 Å². The van der Waals surface area contributed by atoms with Crippen molar-refractivity contribution < 1.29 is 29.0 Å². The minimum Gasteiger partial charge on any atom is -0.481 e. The summed E-state index contributed by atoms with van der Waals surface area (Å²) in [4.78, 5) is 37.8. The van der Waals surface area contributed by atoms with Crippen LogP contribution in [0.5, 0.6) is 0 Å². The van der Waals surface area contributed by atoms with E-state index in [2.05, 4.69) is 29.6 Å². The number of nitrogens with one attached hydrogen (secondary N) is 1. The van der Waals surface area contributed by atoms with E-state index in [-0.39, 0.29) is 38.0 Å². The van der Waals surface area contributed by atoms with Gasteiger partial charge < -0.3 is 24.8 Å². The molecule has 8 heteroatoms. The number of rotatable bonds is 7. The molecule has 2 N–H and O–H groups in total. The van der Waals surface area contributed by atoms with Gasteiger partial charge in [-0.25, -0.2) is 4.79 Å². The topological polar surface area (TPSA) is 105 Å². The van der Waals surface area contributed by atoms with Crippen molar-refractivity contribution in [1.29, 1.82) is 0 Å². The van der Waals surface area contributed by atoms with Crippen LogP contribution in [0.15, 0.2) is 48.5 Å². The second-order valence-corrected chi connectivity index (χ2v) is 8.47. The first-order chi connectivity index (χ1) is 16.0. The molecule has 1 saturated heterocycles. The Hall–Kier alpha value is -3.39. The summed E-state index contributed by atoms with van der Waals surface area (Å²) in [5.74, 6) is -1.73. The molecular weight excluding hydrogens is 424 g/mol. The van der Waals surface area contributed by atoms with Gasteiger partial charge in [-0.2, -0.15) is 0 Å². The quantitative estimate of drug-likeness (QED) is 0.669. The van der Waals surface area contributed by atoms with Gasteiger partial charge in [0.15, 0.2) is 0 Å². The molecule has 4 rings (SSSR count). The lowest BCUT2D eigenvalue weighted by Crippen LogP contribution is -2.52. The van der Waals surface area contributed by atoms with Crippen LogP contribution in [-0.2, 0) is 19.1 Å². The number of nitrogens with zero attached hydrogens (tertiary/aromatic N) is 1. The van der Waals surface area contributed by atoms with Gasteiger partial charge in [-0.1, -0.05) is 55.5 Å². The number of carbonyl (C=O) groups is 3. The third-order valence-corrected chi connectivity index (χ3v) is 6.24. The first-order valence-electron chi connectivity index (χ1n) is 11.1. The van der Waals surface area contributed by atoms with Crippen molar-refractivity contribution in [1.82, 2.24) is 10.2 Å². The number of benzene rings is 2. The van der Waals surface area contributed by atoms with Crippen LogP contribution in [0.25, 0.3) is 11.1 Å². The molecule has 0 spiro atoms. The van der Waals surface area contributed by atoms with E-state index in [1.807, 2.05) is 24.3 Å². The molecule has 1 heterocycles. The van der Waals surface area contributed by atoms with Gasteiger partial charge in [0.2, 0.25) is 5.91 Å². The van der Waals surface area contributed by atoms with Crippen molar-refractivity contribution in [3.8, 4) is 11.1 Å². The summed E-state index contributed by atoms with van der Waals surface area (Å²) in [6.45, 7) is 2.92. The van der Waals surface area contributed by atoms with Crippen LogP contribution in [-0.4, -0.2) is 66.9 Å². The van der Waals surface area contributed by atoms with Crippen LogP contribution < -0.4 is 5.32 Å². The maximum atomic E-state index is 12.8. The molecule has 0 aromatic heterocycles. The van der Waals surface area contributed by atoms with Gasteiger partial charge >= 0.3 is 12.1 Å². The largest absolute Gasteiger partial charge is 0.481 e. The third kappa shape index (κ3) is 5.01. The van der Waals surface area contributed by atoms with Crippen molar-refractivity contribution in [2.75, 3.05) is 32.9 Å². The van der Waals surface area contributed by atoms with Crippen molar-refractivity contribution in [3.63, 3.8) is 0 Å². The van der Waals surface area contributed by atoms with Crippen molar-refractivity contribution in [3.05, 3.63) is 59.7 Å². The Kier molecular flexibility index (Phi) is 6.93. The lowest BCUT2D eigenvalue weighted by atomic mass is 9.98. The third-order valence-electron chi connectivity index (χ3n) is 6.24. The summed E-state index contributed by atoms with van der Waals surface area (Å²) in [6.07, 6.45) is -0.751. The van der Waals surface area contributed by atoms with E-state index in [0.29, 0.717) is 13.2 Å². The minimum atomic E-state index is -0.979. The van der Waals surface area contributed by atoms with Crippen LogP contribution >= 0.6 is 0 Å². The van der Waals surface area contributed by atoms with Gasteiger partial charge in [0, 0.05) is 19.0 Å². The molecule has 2 amide bonds. The van der Waals surface area contributed by atoms with E-state index in [1.165, 1.54) is 0 Å². The van der Waals surface area contributed by atoms with Crippen LogP contribution in [0, 0.1) is 5.92 Å². The van der Waals surface area contributed by atoms with Crippen molar-refractivity contribution >= 4 is 18.0 Å². The average molecular weight is 453 g/mol. The smallest absolute Gasteiger partial charge is 0.407 e. The predicted octanol–water partition coefficient (Wildman–Crippen LogP) is 2.86. The molecule has 0 radical (unpaired) electrons. The highest BCUT2D eigenvalue weighted by Gasteiger charge is 2.32. The fourth-order valence-corrected chi connectivity index (χ4v) is 4.57. The molecule has 1 aliphatic carbocycles. The zero-order valence-corrected chi connectivity index (χ0v) is 18.5. The Morgan fingerprint density at radius 2 is 1.76 bits per heavy atom. The average Bonchev–Trinajstić information content (AvgIpc) is 3.14. The Morgan fingerprint density at radius 1 is 1.12 bits per heavy atom. The number of amides is 2. The minimum absolute atomic E-state index is 0.0349. The molecule has 1 aliphatic heterocycles. The Bertz CT molecular complexity index is 994. The van der Waals surface area contributed by atoms with Gasteiger partial charge in [-0.15, -0.1) is 0 Å². The van der Waals surface area contributed by atoms with Crippen molar-refractivity contribution in [2.24, 2.45) is 5.92 Å². The highest BCUT2D eigenvalue weighted by atomic mass is 16.5. The number of hydrogen-bond donors (Lipinski definition) is 2. The van der Waals surface area contributed by atoms with E-state index in [0.717, 1.165) is 22.3 Å². The fourth-order valence-electron chi connectivity index (χ4n) is 4.57. The lowest BCUT2D eigenvalue weighted by molar-refractivity contribution is -0.148. The number of carbonyl (C=O) groups excluding carboxylic acids is 2. The summed E-state index contributed by atoms with van der Waals surface area (Å²) >= 11 is 0. The molecule has 0 bridgehead atoms. The Labute approximate surface area is 192 Å². The molecule has 8 nitrogen and oxygen atoms in total. The summed E-state index contributed by atoms with van der Waals surface area (Å²) < 4.78 is 10.8. The maximum Gasteiger partial charge on any atom is 0.407 e. The number of carboxylic acid groups (broad SMARTS) is 1. The summed E-state index contributed by atoms with van der Waals surface area (Å²) in [6, 6.07) is 15.7. The Morgan fingerprint density at radius 3 is 2.39 bits per heavy atom. The van der Waals surface area contributed by atoms with Crippen molar-refractivity contribution in [2.45, 2.75) is 25.3 Å². The second-order valence-electron chi connectivity index (χ2n) is 8.47. The maximum absolute atomic E-state index is 12.8. The summed E-state index contributed by atoms with van der Waals surface area (Å²) in [5, 5.41) is 11.8. The summed E-state index contributed by atoms with van der Waals surface area (Å²) in [7, 11) is 0. The molecule has 2 aliphatic rings. The number of hydrogen-bond acceptors (Lipinski definition) is 5. The van der Waals surface area contributed by atoms with Gasteiger partial charge in [-0.05, 0) is 22.3 Å². The normalized spacial score (nSPS) is 18.2. The van der Waals surface area contributed by atoms with Gasteiger partial charge in [0.25, 0.3) is 0 Å². The summed E-state index contributed by atoms with van der Waals surface area (Å²) in [5.41, 5.74) is 4.57. The SMILES string of the molecule is CC(CNC(=O)OCC1c2ccccc2-c2ccccc21)C(=O)N1CCOCC1CC(=O)O. The molecule has 2 aromatic carbocycles. The zero-order valence-electron chi connectivity index (χ0n) is 18.5. The second kappa shape index (κ2) is 10.0. The standard InChI is InChI=1S/C25H28N2O6/c1-16(24(30)27-10-11-32-14-17(27)12-23(28)29)13-26-25(31)33-15-22-20-8-4-2-6-18(20)19-7-3-5-9-21(19)22/h2-9,16-17,22H,10-15H2,1H3,(H,26,31)(H,28,29). The van der Waals surface area contributed by atoms with E-state index >= 15 is 0 Å². The van der Waals surface area contributed by atoms with Crippen LogP contribution in [0.2, 0.25) is 0 Å². The Balaban J connectivity index is 1.31.